The van der Waals surface area contributed by atoms with Gasteiger partial charge in [-0.2, -0.15) is 0 Å². The second-order valence-electron chi connectivity index (χ2n) is 6.72. The van der Waals surface area contributed by atoms with Crippen molar-refractivity contribution in [3.05, 3.63) is 53.8 Å². The molecule has 10 heteroatoms. The van der Waals surface area contributed by atoms with Crippen LogP contribution < -0.4 is 14.8 Å². The van der Waals surface area contributed by atoms with E-state index in [1.807, 2.05) is 55.0 Å². The summed E-state index contributed by atoms with van der Waals surface area (Å²) < 4.78 is 13.2. The number of ether oxygens (including phenoxy) is 2. The van der Waals surface area contributed by atoms with Crippen LogP contribution in [0.2, 0.25) is 0 Å². The number of nitrogens with one attached hydrogen (secondary N) is 1. The molecule has 0 aliphatic carbocycles. The lowest BCUT2D eigenvalue weighted by Gasteiger charge is -2.17. The van der Waals surface area contributed by atoms with E-state index in [-0.39, 0.29) is 17.3 Å². The molecule has 0 spiro atoms. The molecule has 0 saturated carbocycles. The van der Waals surface area contributed by atoms with Crippen molar-refractivity contribution in [1.82, 2.24) is 19.7 Å². The van der Waals surface area contributed by atoms with Crippen molar-refractivity contribution in [2.45, 2.75) is 43.8 Å². The van der Waals surface area contributed by atoms with Gasteiger partial charge < -0.3 is 14.8 Å². The number of anilines is 1. The highest BCUT2D eigenvalue weighted by atomic mass is 32.2. The SMILES string of the molecule is C=CCn1c(SC(C)C(=O)Nc2nc(C)cs2)nnc1C(C)Oc1cccc(OC)c1. The van der Waals surface area contributed by atoms with Crippen molar-refractivity contribution in [3.8, 4) is 11.5 Å². The quantitative estimate of drug-likeness (QED) is 0.353. The van der Waals surface area contributed by atoms with Gasteiger partial charge in [-0.15, -0.1) is 28.1 Å². The molecule has 0 fully saturated rings. The molecule has 0 bridgehead atoms. The van der Waals surface area contributed by atoms with Gasteiger partial charge >= 0.3 is 0 Å². The monoisotopic (exact) mass is 459 g/mol. The number of hydrogen-bond donors (Lipinski definition) is 1. The van der Waals surface area contributed by atoms with E-state index in [4.69, 9.17) is 9.47 Å². The normalized spacial score (nSPS) is 12.8. The molecule has 8 nitrogen and oxygen atoms in total. The molecule has 0 aliphatic rings. The Morgan fingerprint density at radius 2 is 2.13 bits per heavy atom. The van der Waals surface area contributed by atoms with Crippen molar-refractivity contribution in [1.29, 1.82) is 0 Å². The Morgan fingerprint density at radius 3 is 2.81 bits per heavy atom. The van der Waals surface area contributed by atoms with Gasteiger partial charge in [0.05, 0.1) is 18.1 Å². The Bertz CT molecular complexity index is 1050. The van der Waals surface area contributed by atoms with E-state index in [1.165, 1.54) is 23.1 Å². The summed E-state index contributed by atoms with van der Waals surface area (Å²) in [5.74, 6) is 1.88. The molecule has 1 N–H and O–H groups in total. The first-order valence-electron chi connectivity index (χ1n) is 9.65. The fourth-order valence-electron chi connectivity index (χ4n) is 2.75. The number of hydrogen-bond acceptors (Lipinski definition) is 8. The van der Waals surface area contributed by atoms with E-state index < -0.39 is 0 Å². The molecule has 2 unspecified atom stereocenters. The van der Waals surface area contributed by atoms with Crippen LogP contribution in [0.4, 0.5) is 5.13 Å². The number of aromatic nitrogens is 4. The van der Waals surface area contributed by atoms with Gasteiger partial charge in [-0.05, 0) is 32.9 Å². The van der Waals surface area contributed by atoms with Gasteiger partial charge in [-0.1, -0.05) is 23.9 Å². The molecule has 0 aliphatic heterocycles. The average Bonchev–Trinajstić information content (AvgIpc) is 3.34. The number of carbonyl (C=O) groups is 1. The summed E-state index contributed by atoms with van der Waals surface area (Å²) in [5.41, 5.74) is 0.876. The first-order chi connectivity index (χ1) is 14.9. The lowest BCUT2D eigenvalue weighted by molar-refractivity contribution is -0.115. The second kappa shape index (κ2) is 10.5. The number of allylic oxidation sites excluding steroid dienone is 1. The van der Waals surface area contributed by atoms with Crippen LogP contribution in [-0.4, -0.2) is 38.0 Å². The molecule has 3 aromatic rings. The predicted octanol–water partition coefficient (Wildman–Crippen LogP) is 4.50. The molecule has 2 heterocycles. The van der Waals surface area contributed by atoms with Gasteiger partial charge in [0.15, 0.2) is 22.2 Å². The zero-order valence-corrected chi connectivity index (χ0v) is 19.5. The highest BCUT2D eigenvalue weighted by Gasteiger charge is 2.23. The summed E-state index contributed by atoms with van der Waals surface area (Å²) in [6, 6.07) is 7.38. The zero-order chi connectivity index (χ0) is 22.4. The van der Waals surface area contributed by atoms with Gasteiger partial charge in [-0.25, -0.2) is 4.98 Å². The minimum atomic E-state index is -0.389. The summed E-state index contributed by atoms with van der Waals surface area (Å²) in [6.45, 7) is 9.93. The molecular formula is C21H25N5O3S2. The standard InChI is InChI=1S/C21H25N5O3S2/c1-6-10-26-18(14(3)29-17-9-7-8-16(11-17)28-5)24-25-21(26)31-15(4)19(27)23-20-22-13(2)12-30-20/h6-9,11-12,14-15H,1,10H2,2-5H3,(H,22,23,27). The summed E-state index contributed by atoms with van der Waals surface area (Å²) in [5, 5.41) is 14.2. The maximum atomic E-state index is 12.6. The van der Waals surface area contributed by atoms with Crippen LogP contribution in [0.25, 0.3) is 0 Å². The molecule has 31 heavy (non-hydrogen) atoms. The molecule has 2 aromatic heterocycles. The Kier molecular flexibility index (Phi) is 7.69. The van der Waals surface area contributed by atoms with Gasteiger partial charge in [0.25, 0.3) is 0 Å². The lowest BCUT2D eigenvalue weighted by Crippen LogP contribution is -2.23. The van der Waals surface area contributed by atoms with E-state index in [9.17, 15) is 4.79 Å². The van der Waals surface area contributed by atoms with Crippen molar-refractivity contribution in [2.24, 2.45) is 0 Å². The molecule has 2 atom stereocenters. The number of benzene rings is 1. The molecule has 0 radical (unpaired) electrons. The fraction of sp³-hybridized carbons (Fsp3) is 0.333. The maximum Gasteiger partial charge on any atom is 0.239 e. The van der Waals surface area contributed by atoms with E-state index in [0.29, 0.717) is 34.2 Å². The highest BCUT2D eigenvalue weighted by Crippen LogP contribution is 2.29. The topological polar surface area (TPSA) is 91.2 Å². The second-order valence-corrected chi connectivity index (χ2v) is 8.89. The largest absolute Gasteiger partial charge is 0.497 e. The van der Waals surface area contributed by atoms with Gasteiger partial charge in [0, 0.05) is 18.0 Å². The maximum absolute atomic E-state index is 12.6. The minimum Gasteiger partial charge on any atom is -0.497 e. The van der Waals surface area contributed by atoms with Crippen molar-refractivity contribution < 1.29 is 14.3 Å². The highest BCUT2D eigenvalue weighted by molar-refractivity contribution is 8.00. The predicted molar refractivity (Wildman–Crippen MR) is 123 cm³/mol. The Balaban J connectivity index is 1.72. The minimum absolute atomic E-state index is 0.144. The number of thioether (sulfide) groups is 1. The van der Waals surface area contributed by atoms with Crippen LogP contribution in [0, 0.1) is 6.92 Å². The van der Waals surface area contributed by atoms with Crippen LogP contribution in [0.1, 0.15) is 31.5 Å². The molecular weight excluding hydrogens is 434 g/mol. The van der Waals surface area contributed by atoms with Crippen LogP contribution >= 0.6 is 23.1 Å². The van der Waals surface area contributed by atoms with Gasteiger partial charge in [0.2, 0.25) is 5.91 Å². The van der Waals surface area contributed by atoms with Gasteiger partial charge in [0.1, 0.15) is 11.5 Å². The van der Waals surface area contributed by atoms with Crippen molar-refractivity contribution >= 4 is 34.1 Å². The summed E-state index contributed by atoms with van der Waals surface area (Å²) >= 11 is 2.73. The first kappa shape index (κ1) is 22.8. The third-order valence-corrected chi connectivity index (χ3v) is 6.23. The molecule has 1 aromatic carbocycles. The van der Waals surface area contributed by atoms with Crippen LogP contribution in [0.3, 0.4) is 0 Å². The van der Waals surface area contributed by atoms with Crippen LogP contribution in [0.5, 0.6) is 11.5 Å². The number of aryl methyl sites for hydroxylation is 1. The number of methoxy groups -OCH3 is 1. The van der Waals surface area contributed by atoms with Gasteiger partial charge in [-0.3, -0.25) is 9.36 Å². The first-order valence-corrected chi connectivity index (χ1v) is 11.4. The Morgan fingerprint density at radius 1 is 1.35 bits per heavy atom. The lowest BCUT2D eigenvalue weighted by atomic mass is 10.3. The van der Waals surface area contributed by atoms with E-state index in [2.05, 4.69) is 27.1 Å². The molecule has 3 rings (SSSR count). The van der Waals surface area contributed by atoms with E-state index >= 15 is 0 Å². The van der Waals surface area contributed by atoms with Crippen molar-refractivity contribution in [3.63, 3.8) is 0 Å². The third-order valence-electron chi connectivity index (χ3n) is 4.28. The Labute approximate surface area is 189 Å². The molecule has 164 valence electrons. The van der Waals surface area contributed by atoms with Crippen LogP contribution in [0.15, 0.2) is 47.5 Å². The number of carbonyl (C=O) groups excluding carboxylic acids is 1. The number of rotatable bonds is 10. The number of amides is 1. The van der Waals surface area contributed by atoms with E-state index in [0.717, 1.165) is 5.69 Å². The van der Waals surface area contributed by atoms with Crippen molar-refractivity contribution in [2.75, 3.05) is 12.4 Å². The van der Waals surface area contributed by atoms with Crippen LogP contribution in [-0.2, 0) is 11.3 Å². The zero-order valence-electron chi connectivity index (χ0n) is 17.9. The summed E-state index contributed by atoms with van der Waals surface area (Å²) in [4.78, 5) is 16.8. The third kappa shape index (κ3) is 5.86. The molecule has 1 amide bonds. The Hall–Kier alpha value is -2.85. The van der Waals surface area contributed by atoms with E-state index in [1.54, 1.807) is 13.2 Å². The summed E-state index contributed by atoms with van der Waals surface area (Å²) in [6.07, 6.45) is 1.40. The average molecular weight is 460 g/mol. The molecule has 0 saturated heterocycles. The number of thiazole rings is 1. The fourth-order valence-corrected chi connectivity index (χ4v) is 4.31. The smallest absolute Gasteiger partial charge is 0.239 e. The summed E-state index contributed by atoms with van der Waals surface area (Å²) in [7, 11) is 1.61. The number of nitrogens with zero attached hydrogens (tertiary/aromatic N) is 4.